The molecule has 1 unspecified atom stereocenters. The van der Waals surface area contributed by atoms with Gasteiger partial charge in [0.25, 0.3) is 0 Å². The van der Waals surface area contributed by atoms with Gasteiger partial charge in [0.1, 0.15) is 13.2 Å². The lowest BCUT2D eigenvalue weighted by atomic mass is 10.0. The molecule has 6 nitrogen and oxygen atoms in total. The predicted molar refractivity (Wildman–Crippen MR) is 353 cm³/mol. The van der Waals surface area contributed by atoms with Crippen LogP contribution in [-0.2, 0) is 28.6 Å². The molecule has 0 heterocycles. The maximum absolute atomic E-state index is 12.9. The number of unbranched alkanes of at least 4 members (excludes halogenated alkanes) is 42. The highest BCUT2D eigenvalue weighted by molar-refractivity contribution is 5.71. The van der Waals surface area contributed by atoms with Crippen molar-refractivity contribution in [3.63, 3.8) is 0 Å². The van der Waals surface area contributed by atoms with Gasteiger partial charge in [-0.05, 0) is 109 Å². The summed E-state index contributed by atoms with van der Waals surface area (Å²) in [5.74, 6) is -0.872. The van der Waals surface area contributed by atoms with E-state index in [1.165, 1.54) is 238 Å². The van der Waals surface area contributed by atoms with Crippen LogP contribution in [0.3, 0.4) is 0 Å². The van der Waals surface area contributed by atoms with Crippen LogP contribution in [0, 0.1) is 0 Å². The van der Waals surface area contributed by atoms with Gasteiger partial charge in [0, 0.05) is 19.3 Å². The molecule has 0 aliphatic rings. The van der Waals surface area contributed by atoms with Crippen LogP contribution in [-0.4, -0.2) is 37.2 Å². The number of allylic oxidation sites excluding steroid dienone is 12. The van der Waals surface area contributed by atoms with E-state index in [0.29, 0.717) is 19.3 Å². The van der Waals surface area contributed by atoms with Crippen LogP contribution < -0.4 is 0 Å². The third-order valence-electron chi connectivity index (χ3n) is 15.7. The standard InChI is InChI=1S/C75H134O6/c1-4-7-10-13-16-19-22-25-28-31-32-33-34-35-36-37-38-39-40-41-42-45-47-50-53-56-59-62-65-68-74(77)80-71-72(81-75(78)69-66-63-60-57-54-51-48-44-30-27-24-21-18-15-12-9-6-3)70-79-73(76)67-64-61-58-55-52-49-46-43-29-26-23-20-17-14-11-8-5-2/h9,12,18,21-22,25-27,29-32,72H,4-8,10-11,13-17,19-20,23-24,28,33-71H2,1-3H3/b12-9-,21-18-,25-22-,29-26-,30-27-,32-31-. The predicted octanol–water partition coefficient (Wildman–Crippen LogP) is 24.4. The van der Waals surface area contributed by atoms with E-state index in [1.807, 2.05) is 0 Å². The van der Waals surface area contributed by atoms with E-state index in [1.54, 1.807) is 0 Å². The molecule has 81 heavy (non-hydrogen) atoms. The zero-order valence-corrected chi connectivity index (χ0v) is 54.1. The third-order valence-corrected chi connectivity index (χ3v) is 15.7. The maximum atomic E-state index is 12.9. The SMILES string of the molecule is CC/C=C\C/C=C\C/C=C\CCCCCCCCCC(=O)OC(COC(=O)CCCCCCCCC/C=C\CCCCCCCC)COC(=O)CCCCCCCCCCCCCCCCCCC/C=C\C/C=C\CCCCCCC. The van der Waals surface area contributed by atoms with Gasteiger partial charge < -0.3 is 14.2 Å². The minimum Gasteiger partial charge on any atom is -0.462 e. The molecule has 0 amide bonds. The van der Waals surface area contributed by atoms with E-state index in [2.05, 4.69) is 93.7 Å². The minimum atomic E-state index is -0.783. The number of rotatable bonds is 65. The molecule has 0 aromatic heterocycles. The Labute approximate surface area is 503 Å². The summed E-state index contributed by atoms with van der Waals surface area (Å²) in [5, 5.41) is 0. The second kappa shape index (κ2) is 69.3. The number of hydrogen-bond acceptors (Lipinski definition) is 6. The quantitative estimate of drug-likeness (QED) is 0.0261. The monoisotopic (exact) mass is 1130 g/mol. The number of ether oxygens (including phenoxy) is 3. The molecular weight excluding hydrogens is 997 g/mol. The summed E-state index contributed by atoms with van der Waals surface area (Å²) < 4.78 is 17.0. The molecule has 0 aromatic carbocycles. The largest absolute Gasteiger partial charge is 0.462 e. The molecule has 0 bridgehead atoms. The van der Waals surface area contributed by atoms with Gasteiger partial charge in [0.2, 0.25) is 0 Å². The molecule has 6 heteroatoms. The molecule has 0 spiro atoms. The number of esters is 3. The average molecular weight is 1130 g/mol. The molecule has 470 valence electrons. The molecule has 0 radical (unpaired) electrons. The van der Waals surface area contributed by atoms with Crippen LogP contribution >= 0.6 is 0 Å². The second-order valence-electron chi connectivity index (χ2n) is 23.8. The first-order valence-corrected chi connectivity index (χ1v) is 35.4. The highest BCUT2D eigenvalue weighted by Crippen LogP contribution is 2.18. The Bertz CT molecular complexity index is 1490. The van der Waals surface area contributed by atoms with Gasteiger partial charge in [-0.2, -0.15) is 0 Å². The fourth-order valence-corrected chi connectivity index (χ4v) is 10.4. The highest BCUT2D eigenvalue weighted by Gasteiger charge is 2.19. The Morgan fingerprint density at radius 1 is 0.259 bits per heavy atom. The van der Waals surface area contributed by atoms with Crippen molar-refractivity contribution in [2.75, 3.05) is 13.2 Å². The molecule has 0 saturated heterocycles. The molecule has 0 fully saturated rings. The first-order chi connectivity index (χ1) is 40.0. The minimum absolute atomic E-state index is 0.0778. The molecule has 0 saturated carbocycles. The van der Waals surface area contributed by atoms with Crippen LogP contribution in [0.5, 0.6) is 0 Å². The van der Waals surface area contributed by atoms with Crippen LogP contribution in [0.25, 0.3) is 0 Å². The molecule has 0 N–H and O–H groups in total. The third kappa shape index (κ3) is 67.5. The van der Waals surface area contributed by atoms with Gasteiger partial charge in [-0.25, -0.2) is 0 Å². The zero-order valence-electron chi connectivity index (χ0n) is 54.1. The second-order valence-corrected chi connectivity index (χ2v) is 23.8. The van der Waals surface area contributed by atoms with E-state index in [-0.39, 0.29) is 31.1 Å². The summed E-state index contributed by atoms with van der Waals surface area (Å²) in [5.41, 5.74) is 0. The summed E-state index contributed by atoms with van der Waals surface area (Å²) in [7, 11) is 0. The van der Waals surface area contributed by atoms with E-state index in [0.717, 1.165) is 89.9 Å². The van der Waals surface area contributed by atoms with Crippen molar-refractivity contribution in [3.05, 3.63) is 72.9 Å². The summed E-state index contributed by atoms with van der Waals surface area (Å²) in [4.78, 5) is 38.4. The average Bonchev–Trinajstić information content (AvgIpc) is 3.47. The Balaban J connectivity index is 4.25. The summed E-state index contributed by atoms with van der Waals surface area (Å²) in [6.45, 7) is 6.56. The van der Waals surface area contributed by atoms with Crippen molar-refractivity contribution in [1.29, 1.82) is 0 Å². The molecular formula is C75H134O6. The van der Waals surface area contributed by atoms with E-state index < -0.39 is 6.10 Å². The first-order valence-electron chi connectivity index (χ1n) is 35.4. The summed E-state index contributed by atoms with van der Waals surface area (Å²) >= 11 is 0. The Kier molecular flexibility index (Phi) is 66.6. The van der Waals surface area contributed by atoms with Crippen molar-refractivity contribution in [3.8, 4) is 0 Å². The van der Waals surface area contributed by atoms with Gasteiger partial charge in [-0.3, -0.25) is 14.4 Å². The normalized spacial score (nSPS) is 12.5. The van der Waals surface area contributed by atoms with Crippen molar-refractivity contribution in [2.24, 2.45) is 0 Å². The topological polar surface area (TPSA) is 78.9 Å². The number of carbonyl (C=O) groups excluding carboxylic acids is 3. The lowest BCUT2D eigenvalue weighted by molar-refractivity contribution is -0.167. The molecule has 1 atom stereocenters. The molecule has 0 rings (SSSR count). The summed E-state index contributed by atoms with van der Waals surface area (Å²) in [6, 6.07) is 0. The fraction of sp³-hybridized carbons (Fsp3) is 0.800. The van der Waals surface area contributed by atoms with Crippen LogP contribution in [0.2, 0.25) is 0 Å². The summed E-state index contributed by atoms with van der Waals surface area (Å²) in [6.07, 6.45) is 90.7. The maximum Gasteiger partial charge on any atom is 0.306 e. The van der Waals surface area contributed by atoms with Gasteiger partial charge in [-0.1, -0.05) is 312 Å². The Morgan fingerprint density at radius 3 is 0.765 bits per heavy atom. The van der Waals surface area contributed by atoms with Gasteiger partial charge in [0.05, 0.1) is 0 Å². The van der Waals surface area contributed by atoms with E-state index in [4.69, 9.17) is 14.2 Å². The lowest BCUT2D eigenvalue weighted by Crippen LogP contribution is -2.30. The first kappa shape index (κ1) is 77.9. The van der Waals surface area contributed by atoms with Crippen LogP contribution in [0.4, 0.5) is 0 Å². The van der Waals surface area contributed by atoms with Crippen molar-refractivity contribution >= 4 is 17.9 Å². The fourth-order valence-electron chi connectivity index (χ4n) is 10.4. The molecule has 0 aromatic rings. The van der Waals surface area contributed by atoms with Crippen molar-refractivity contribution in [1.82, 2.24) is 0 Å². The van der Waals surface area contributed by atoms with Crippen molar-refractivity contribution in [2.45, 2.75) is 374 Å². The number of hydrogen-bond donors (Lipinski definition) is 0. The van der Waals surface area contributed by atoms with Crippen molar-refractivity contribution < 1.29 is 28.6 Å². The van der Waals surface area contributed by atoms with E-state index in [9.17, 15) is 14.4 Å². The number of carbonyl (C=O) groups is 3. The molecule has 0 aliphatic heterocycles. The highest BCUT2D eigenvalue weighted by atomic mass is 16.6. The van der Waals surface area contributed by atoms with Gasteiger partial charge >= 0.3 is 17.9 Å². The van der Waals surface area contributed by atoms with Crippen LogP contribution in [0.15, 0.2) is 72.9 Å². The zero-order chi connectivity index (χ0) is 58.5. The van der Waals surface area contributed by atoms with E-state index >= 15 is 0 Å². The Hall–Kier alpha value is -3.15. The van der Waals surface area contributed by atoms with Crippen LogP contribution in [0.1, 0.15) is 367 Å². The molecule has 0 aliphatic carbocycles. The lowest BCUT2D eigenvalue weighted by Gasteiger charge is -2.18. The smallest absolute Gasteiger partial charge is 0.306 e. The van der Waals surface area contributed by atoms with Gasteiger partial charge in [-0.15, -0.1) is 0 Å². The van der Waals surface area contributed by atoms with Gasteiger partial charge in [0.15, 0.2) is 6.10 Å². The Morgan fingerprint density at radius 2 is 0.481 bits per heavy atom.